The van der Waals surface area contributed by atoms with Gasteiger partial charge in [-0.25, -0.2) is 19.3 Å². The van der Waals surface area contributed by atoms with Crippen molar-refractivity contribution in [1.29, 1.82) is 0 Å². The zero-order valence-corrected chi connectivity index (χ0v) is 18.0. The number of hydrogen-bond acceptors (Lipinski definition) is 7. The van der Waals surface area contributed by atoms with Gasteiger partial charge in [0, 0.05) is 12.6 Å². The number of amides is 1. The third-order valence-corrected chi connectivity index (χ3v) is 4.69. The highest BCUT2D eigenvalue weighted by atomic mass is 19.1. The van der Waals surface area contributed by atoms with Crippen molar-refractivity contribution in [2.24, 2.45) is 0 Å². The Hall–Kier alpha value is -3.53. The van der Waals surface area contributed by atoms with E-state index in [2.05, 4.69) is 4.90 Å². The Morgan fingerprint density at radius 2 is 1.78 bits per heavy atom. The molecule has 2 aromatic rings. The second-order valence-corrected chi connectivity index (χ2v) is 6.76. The van der Waals surface area contributed by atoms with Gasteiger partial charge in [-0.1, -0.05) is 49.2 Å². The van der Waals surface area contributed by atoms with Gasteiger partial charge in [0.1, 0.15) is 24.7 Å². The first-order valence-corrected chi connectivity index (χ1v) is 10.2. The molecule has 0 saturated heterocycles. The molecule has 0 aliphatic heterocycles. The van der Waals surface area contributed by atoms with Gasteiger partial charge in [0.25, 0.3) is 0 Å². The summed E-state index contributed by atoms with van der Waals surface area (Å²) in [4.78, 5) is 38.4. The number of likely N-dealkylation sites (N-methyl/N-ethyl adjacent to an activating group) is 1. The number of nitrogens with zero attached hydrogens (tertiary/aromatic N) is 3. The molecule has 0 unspecified atom stereocenters. The lowest BCUT2D eigenvalue weighted by atomic mass is 10.1. The number of rotatable bonds is 12. The zero-order chi connectivity index (χ0) is 23.5. The smallest absolute Gasteiger partial charge is 0.344 e. The van der Waals surface area contributed by atoms with Gasteiger partial charge in [-0.2, -0.15) is 0 Å². The van der Waals surface area contributed by atoms with Gasteiger partial charge in [0.05, 0.1) is 5.56 Å². The summed E-state index contributed by atoms with van der Waals surface area (Å²) < 4.78 is 24.1. The zero-order valence-electron chi connectivity index (χ0n) is 18.0. The summed E-state index contributed by atoms with van der Waals surface area (Å²) in [6.45, 7) is 5.46. The standard InChI is InChI=1S/C22H26FN3O6/c1-3-24(4-2)12-13-31-21(27)16-32-20-14-18(23)10-11-19(20)22(28)25(26(29)30)15-17-8-6-5-7-9-17/h5-11,14H,3-4,12-13,15-16H2,1-2H3. The van der Waals surface area contributed by atoms with Crippen LogP contribution < -0.4 is 4.74 Å². The number of ether oxygens (including phenoxy) is 2. The van der Waals surface area contributed by atoms with E-state index < -0.39 is 29.3 Å². The Kier molecular flexibility index (Phi) is 9.55. The van der Waals surface area contributed by atoms with Gasteiger partial charge >= 0.3 is 11.9 Å². The number of carbonyl (C=O) groups is 2. The predicted molar refractivity (Wildman–Crippen MR) is 114 cm³/mol. The number of hydrogen-bond donors (Lipinski definition) is 0. The molecule has 0 aliphatic rings. The van der Waals surface area contributed by atoms with Crippen molar-refractivity contribution in [3.05, 3.63) is 75.6 Å². The second-order valence-electron chi connectivity index (χ2n) is 6.76. The fraction of sp³-hybridized carbons (Fsp3) is 0.364. The van der Waals surface area contributed by atoms with Crippen LogP contribution in [0.3, 0.4) is 0 Å². The molecule has 9 nitrogen and oxygen atoms in total. The van der Waals surface area contributed by atoms with E-state index >= 15 is 0 Å². The van der Waals surface area contributed by atoms with E-state index in [0.717, 1.165) is 31.3 Å². The van der Waals surface area contributed by atoms with Crippen molar-refractivity contribution in [3.8, 4) is 5.75 Å². The summed E-state index contributed by atoms with van der Waals surface area (Å²) in [6, 6.07) is 11.4. The van der Waals surface area contributed by atoms with Crippen molar-refractivity contribution in [2.75, 3.05) is 32.8 Å². The first kappa shape index (κ1) is 24.7. The van der Waals surface area contributed by atoms with Crippen LogP contribution in [0.2, 0.25) is 0 Å². The van der Waals surface area contributed by atoms with Gasteiger partial charge in [-0.05, 0) is 30.8 Å². The minimum atomic E-state index is -0.997. The molecule has 0 N–H and O–H groups in total. The molecule has 0 bridgehead atoms. The van der Waals surface area contributed by atoms with Crippen LogP contribution in [0.1, 0.15) is 29.8 Å². The van der Waals surface area contributed by atoms with Crippen molar-refractivity contribution in [3.63, 3.8) is 0 Å². The maximum absolute atomic E-state index is 13.8. The molecule has 10 heteroatoms. The lowest BCUT2D eigenvalue weighted by molar-refractivity contribution is -0.635. The van der Waals surface area contributed by atoms with Crippen LogP contribution in [0, 0.1) is 15.9 Å². The SMILES string of the molecule is CCN(CC)CCOC(=O)COc1cc(F)ccc1C(=O)N(Cc1ccccc1)[N+](=O)[O-]. The van der Waals surface area contributed by atoms with Crippen molar-refractivity contribution < 1.29 is 28.5 Å². The molecule has 1 amide bonds. The molecule has 0 spiro atoms. The number of benzene rings is 2. The number of esters is 1. The lowest BCUT2D eigenvalue weighted by Gasteiger charge is -2.18. The normalized spacial score (nSPS) is 10.6. The first-order chi connectivity index (χ1) is 15.3. The summed E-state index contributed by atoms with van der Waals surface area (Å²) in [6.07, 6.45) is 0. The topological polar surface area (TPSA) is 102 Å². The van der Waals surface area contributed by atoms with Crippen molar-refractivity contribution in [2.45, 2.75) is 20.4 Å². The lowest BCUT2D eigenvalue weighted by Crippen LogP contribution is -2.36. The minimum Gasteiger partial charge on any atom is -0.481 e. The van der Waals surface area contributed by atoms with E-state index in [-0.39, 0.29) is 24.5 Å². The first-order valence-electron chi connectivity index (χ1n) is 10.2. The monoisotopic (exact) mass is 447 g/mol. The quantitative estimate of drug-likeness (QED) is 0.280. The number of carbonyl (C=O) groups excluding carboxylic acids is 2. The Bertz CT molecular complexity index is 921. The highest BCUT2D eigenvalue weighted by Crippen LogP contribution is 2.23. The summed E-state index contributed by atoms with van der Waals surface area (Å²) in [5, 5.41) is 11.1. The van der Waals surface area contributed by atoms with Gasteiger partial charge in [0.15, 0.2) is 11.6 Å². The molecule has 2 aromatic carbocycles. The molecule has 0 saturated carbocycles. The van der Waals surface area contributed by atoms with Crippen molar-refractivity contribution in [1.82, 2.24) is 9.91 Å². The summed E-state index contributed by atoms with van der Waals surface area (Å²) in [5.41, 5.74) is 0.300. The largest absolute Gasteiger partial charge is 0.481 e. The maximum Gasteiger partial charge on any atom is 0.344 e. The fourth-order valence-corrected chi connectivity index (χ4v) is 2.90. The van der Waals surface area contributed by atoms with Crippen molar-refractivity contribution >= 4 is 11.9 Å². The molecular weight excluding hydrogens is 421 g/mol. The molecule has 32 heavy (non-hydrogen) atoms. The molecule has 0 fully saturated rings. The number of halogens is 1. The van der Waals surface area contributed by atoms with E-state index in [9.17, 15) is 24.1 Å². The third-order valence-electron chi connectivity index (χ3n) is 4.69. The number of nitro groups is 1. The molecule has 2 rings (SSSR count). The van der Waals surface area contributed by atoms with E-state index in [1.165, 1.54) is 0 Å². The third kappa shape index (κ3) is 7.31. The molecule has 0 radical (unpaired) electrons. The molecule has 172 valence electrons. The van der Waals surface area contributed by atoms with Crippen LogP contribution in [0.15, 0.2) is 48.5 Å². The Labute approximate surface area is 185 Å². The van der Waals surface area contributed by atoms with Crippen LogP contribution in [0.5, 0.6) is 5.75 Å². The maximum atomic E-state index is 13.8. The minimum absolute atomic E-state index is 0.158. The summed E-state index contributed by atoms with van der Waals surface area (Å²) in [7, 11) is 0. The predicted octanol–water partition coefficient (Wildman–Crippen LogP) is 2.92. The van der Waals surface area contributed by atoms with Gasteiger partial charge < -0.3 is 14.4 Å². The van der Waals surface area contributed by atoms with E-state index in [1.807, 2.05) is 13.8 Å². The van der Waals surface area contributed by atoms with Crippen LogP contribution >= 0.6 is 0 Å². The van der Waals surface area contributed by atoms with E-state index in [0.29, 0.717) is 17.1 Å². The Morgan fingerprint density at radius 1 is 1.09 bits per heavy atom. The van der Waals surface area contributed by atoms with Crippen LogP contribution in [0.25, 0.3) is 0 Å². The average molecular weight is 447 g/mol. The highest BCUT2D eigenvalue weighted by Gasteiger charge is 2.29. The molecule has 0 aromatic heterocycles. The summed E-state index contributed by atoms with van der Waals surface area (Å²) >= 11 is 0. The van der Waals surface area contributed by atoms with Gasteiger partial charge in [-0.3, -0.25) is 4.79 Å². The average Bonchev–Trinajstić information content (AvgIpc) is 2.79. The fourth-order valence-electron chi connectivity index (χ4n) is 2.90. The Morgan fingerprint density at radius 3 is 2.41 bits per heavy atom. The number of hydrazine groups is 1. The molecule has 0 aliphatic carbocycles. The van der Waals surface area contributed by atoms with Crippen LogP contribution in [-0.4, -0.2) is 59.7 Å². The second kappa shape index (κ2) is 12.4. The molecule has 0 heterocycles. The van der Waals surface area contributed by atoms with Crippen LogP contribution in [-0.2, 0) is 16.1 Å². The van der Waals surface area contributed by atoms with E-state index in [1.54, 1.807) is 30.3 Å². The van der Waals surface area contributed by atoms with Crippen LogP contribution in [0.4, 0.5) is 4.39 Å². The van der Waals surface area contributed by atoms with E-state index in [4.69, 9.17) is 9.47 Å². The van der Waals surface area contributed by atoms with Gasteiger partial charge in [-0.15, -0.1) is 0 Å². The van der Waals surface area contributed by atoms with Gasteiger partial charge in [0.2, 0.25) is 0 Å². The Balaban J connectivity index is 2.08. The molecule has 0 atom stereocenters. The molecular formula is C22H26FN3O6. The highest BCUT2D eigenvalue weighted by molar-refractivity contribution is 5.96. The summed E-state index contributed by atoms with van der Waals surface area (Å²) in [5.74, 6) is -2.70.